The minimum atomic E-state index is -4.82. The molecule has 2 unspecified atom stereocenters. The molecule has 0 radical (unpaired) electrons. The molecule has 0 saturated carbocycles. The Hall–Kier alpha value is -3.25. The number of nitrogens with zero attached hydrogens (tertiary/aromatic N) is 2. The molecular weight excluding hydrogens is 465 g/mol. The third-order valence-electron chi connectivity index (χ3n) is 4.80. The molecule has 174 valence electrons. The summed E-state index contributed by atoms with van der Waals surface area (Å²) < 4.78 is 51.6. The molecule has 33 heavy (non-hydrogen) atoms. The van der Waals surface area contributed by atoms with Crippen LogP contribution in [-0.2, 0) is 20.8 Å². The third-order valence-corrected chi connectivity index (χ3v) is 5.61. The van der Waals surface area contributed by atoms with Crippen molar-refractivity contribution < 1.29 is 41.8 Å². The summed E-state index contributed by atoms with van der Waals surface area (Å²) in [6, 6.07) is 13.9. The summed E-state index contributed by atoms with van der Waals surface area (Å²) in [5.74, 6) is -0.417. The van der Waals surface area contributed by atoms with Crippen molar-refractivity contribution in [1.82, 2.24) is 4.90 Å². The van der Waals surface area contributed by atoms with Crippen LogP contribution < -0.4 is 9.64 Å². The summed E-state index contributed by atoms with van der Waals surface area (Å²) in [4.78, 5) is 39.2. The van der Waals surface area contributed by atoms with Crippen LogP contribution in [0.4, 0.5) is 28.4 Å². The molecule has 0 aromatic heterocycles. The van der Waals surface area contributed by atoms with Crippen LogP contribution in [0.15, 0.2) is 54.6 Å². The van der Waals surface area contributed by atoms with Gasteiger partial charge in [-0.25, -0.2) is 4.79 Å². The Kier molecular flexibility index (Phi) is 6.47. The fourth-order valence-electron chi connectivity index (χ4n) is 3.35. The van der Waals surface area contributed by atoms with Crippen molar-refractivity contribution in [3.8, 4) is 5.75 Å². The second-order valence-electron chi connectivity index (χ2n) is 7.14. The largest absolute Gasteiger partial charge is 0.573 e. The fraction of sp³-hybridized carbons (Fsp3) is 0.286. The maximum Gasteiger partial charge on any atom is 0.573 e. The van der Waals surface area contributed by atoms with E-state index in [1.165, 1.54) is 21.9 Å². The van der Waals surface area contributed by atoms with E-state index >= 15 is 0 Å². The van der Waals surface area contributed by atoms with Gasteiger partial charge < -0.3 is 14.2 Å². The van der Waals surface area contributed by atoms with Crippen molar-refractivity contribution in [2.24, 2.45) is 0 Å². The maximum atomic E-state index is 12.3. The number of thioether (sulfide) groups is 1. The van der Waals surface area contributed by atoms with Crippen molar-refractivity contribution in [1.29, 1.82) is 0 Å². The highest BCUT2D eigenvalue weighted by atomic mass is 32.2. The number of benzene rings is 2. The average molecular weight is 482 g/mol. The molecule has 4 rings (SSSR count). The summed E-state index contributed by atoms with van der Waals surface area (Å²) in [5.41, 5.74) is 1.14. The van der Waals surface area contributed by atoms with Gasteiger partial charge in [-0.2, -0.15) is 0 Å². The molecule has 0 N–H and O–H groups in total. The molecule has 2 saturated heterocycles. The van der Waals surface area contributed by atoms with Crippen molar-refractivity contribution in [2.45, 2.75) is 25.2 Å². The van der Waals surface area contributed by atoms with Crippen LogP contribution in [-0.4, -0.2) is 53.2 Å². The lowest BCUT2D eigenvalue weighted by Gasteiger charge is -2.23. The number of hydrogen-bond donors (Lipinski definition) is 0. The molecule has 0 spiro atoms. The lowest BCUT2D eigenvalue weighted by molar-refractivity contribution is -0.274. The first-order valence-electron chi connectivity index (χ1n) is 9.71. The molecule has 12 heteroatoms. The number of halogens is 3. The highest BCUT2D eigenvalue weighted by molar-refractivity contribution is 8.26. The number of ether oxygens (including phenoxy) is 3. The first kappa shape index (κ1) is 22.9. The van der Waals surface area contributed by atoms with Crippen LogP contribution in [0.2, 0.25) is 0 Å². The molecule has 2 heterocycles. The topological polar surface area (TPSA) is 85.4 Å². The van der Waals surface area contributed by atoms with Crippen LogP contribution in [0.3, 0.4) is 0 Å². The Labute approximate surface area is 190 Å². The lowest BCUT2D eigenvalue weighted by atomic mass is 10.2. The lowest BCUT2D eigenvalue weighted by Crippen LogP contribution is -2.39. The van der Waals surface area contributed by atoms with Gasteiger partial charge in [-0.05, 0) is 29.8 Å². The van der Waals surface area contributed by atoms with Gasteiger partial charge >= 0.3 is 12.5 Å². The number of carbonyl (C=O) groups is 3. The normalized spacial score (nSPS) is 21.0. The Bertz CT molecular complexity index is 1030. The van der Waals surface area contributed by atoms with Crippen LogP contribution in [0, 0.1) is 0 Å². The van der Waals surface area contributed by atoms with Crippen LogP contribution in [0.5, 0.6) is 5.75 Å². The van der Waals surface area contributed by atoms with E-state index in [4.69, 9.17) is 9.47 Å². The first-order valence-corrected chi connectivity index (χ1v) is 10.5. The smallest absolute Gasteiger partial charge is 0.441 e. The zero-order valence-corrected chi connectivity index (χ0v) is 17.7. The van der Waals surface area contributed by atoms with E-state index in [-0.39, 0.29) is 19.7 Å². The zero-order chi connectivity index (χ0) is 23.6. The highest BCUT2D eigenvalue weighted by Gasteiger charge is 2.42. The van der Waals surface area contributed by atoms with Gasteiger partial charge in [0, 0.05) is 24.0 Å². The molecule has 8 nitrogen and oxygen atoms in total. The van der Waals surface area contributed by atoms with Crippen molar-refractivity contribution >= 4 is 33.9 Å². The fourth-order valence-corrected chi connectivity index (χ4v) is 4.09. The van der Waals surface area contributed by atoms with Gasteiger partial charge in [0.05, 0.1) is 13.2 Å². The van der Waals surface area contributed by atoms with Gasteiger partial charge in [-0.15, -0.1) is 13.2 Å². The predicted molar refractivity (Wildman–Crippen MR) is 110 cm³/mol. The minimum Gasteiger partial charge on any atom is -0.441 e. The minimum absolute atomic E-state index is 0.0546. The molecule has 2 aliphatic heterocycles. The maximum absolute atomic E-state index is 12.3. The van der Waals surface area contributed by atoms with E-state index in [0.29, 0.717) is 17.4 Å². The standard InChI is InChI=1S/C21H17F3N2O6S/c22-21(23,24)32-15-8-6-14(7-9-15)25-11-16(31-19(25)28)12-30-17-18(27)33-20(29)26(17)10-13-4-2-1-3-5-13/h1-9,16-17H,10-12H2. The number of rotatable bonds is 7. The number of hydrogen-bond acceptors (Lipinski definition) is 7. The Morgan fingerprint density at radius 2 is 1.73 bits per heavy atom. The van der Waals surface area contributed by atoms with Gasteiger partial charge in [-0.3, -0.25) is 19.4 Å². The predicted octanol–water partition coefficient (Wildman–Crippen LogP) is 4.15. The van der Waals surface area contributed by atoms with Crippen molar-refractivity contribution in [2.75, 3.05) is 18.1 Å². The van der Waals surface area contributed by atoms with Gasteiger partial charge in [0.25, 0.3) is 5.24 Å². The van der Waals surface area contributed by atoms with Gasteiger partial charge in [-0.1, -0.05) is 30.3 Å². The molecular formula is C21H17F3N2O6S. The second kappa shape index (κ2) is 9.32. The Balaban J connectivity index is 1.35. The summed E-state index contributed by atoms with van der Waals surface area (Å²) in [6.45, 7) is 0.0953. The number of anilines is 1. The molecule has 2 aromatic carbocycles. The Morgan fingerprint density at radius 1 is 1.03 bits per heavy atom. The molecule has 2 amide bonds. The first-order chi connectivity index (χ1) is 15.7. The van der Waals surface area contributed by atoms with Gasteiger partial charge in [0.15, 0.2) is 0 Å². The van der Waals surface area contributed by atoms with E-state index < -0.39 is 40.9 Å². The van der Waals surface area contributed by atoms with Gasteiger partial charge in [0.2, 0.25) is 11.3 Å². The number of alkyl halides is 3. The quantitative estimate of drug-likeness (QED) is 0.586. The molecule has 2 atom stereocenters. The zero-order valence-electron chi connectivity index (χ0n) is 16.9. The third kappa shape index (κ3) is 5.57. The molecule has 2 fully saturated rings. The monoisotopic (exact) mass is 482 g/mol. The van der Waals surface area contributed by atoms with E-state index in [9.17, 15) is 27.6 Å². The number of carbonyl (C=O) groups excluding carboxylic acids is 3. The van der Waals surface area contributed by atoms with Crippen LogP contribution in [0.1, 0.15) is 5.56 Å². The molecule has 2 aliphatic rings. The SMILES string of the molecule is O=C1SC(=O)N(Cc2ccccc2)C1OCC1CN(c2ccc(OC(F)(F)F)cc2)C(=O)O1. The number of amides is 2. The molecule has 0 bridgehead atoms. The summed E-state index contributed by atoms with van der Waals surface area (Å²) in [6.07, 6.45) is -7.38. The number of cyclic esters (lactones) is 1. The van der Waals surface area contributed by atoms with E-state index in [1.807, 2.05) is 30.3 Å². The Morgan fingerprint density at radius 3 is 2.39 bits per heavy atom. The van der Waals surface area contributed by atoms with Gasteiger partial charge in [0.1, 0.15) is 11.9 Å². The van der Waals surface area contributed by atoms with Crippen molar-refractivity contribution in [3.05, 3.63) is 60.2 Å². The molecule has 0 aliphatic carbocycles. The summed E-state index contributed by atoms with van der Waals surface area (Å²) in [7, 11) is 0. The van der Waals surface area contributed by atoms with E-state index in [2.05, 4.69) is 4.74 Å². The van der Waals surface area contributed by atoms with Crippen LogP contribution >= 0.6 is 11.8 Å². The van der Waals surface area contributed by atoms with E-state index in [0.717, 1.165) is 17.7 Å². The summed E-state index contributed by atoms with van der Waals surface area (Å²) >= 11 is 0.554. The molecule has 2 aromatic rings. The van der Waals surface area contributed by atoms with E-state index in [1.54, 1.807) is 0 Å². The highest BCUT2D eigenvalue weighted by Crippen LogP contribution is 2.30. The second-order valence-corrected chi connectivity index (χ2v) is 8.10. The average Bonchev–Trinajstić information content (AvgIpc) is 3.25. The summed E-state index contributed by atoms with van der Waals surface area (Å²) in [5, 5.41) is -0.891. The van der Waals surface area contributed by atoms with Crippen LogP contribution in [0.25, 0.3) is 0 Å². The van der Waals surface area contributed by atoms with Crippen molar-refractivity contribution in [3.63, 3.8) is 0 Å².